The molecule has 1 unspecified atom stereocenters. The predicted molar refractivity (Wildman–Crippen MR) is 50.5 cm³/mol. The van der Waals surface area contributed by atoms with E-state index in [1.54, 1.807) is 12.5 Å². The summed E-state index contributed by atoms with van der Waals surface area (Å²) in [5, 5.41) is 0. The predicted octanol–water partition coefficient (Wildman–Crippen LogP) is 0.850. The molecular formula is C9H15N3O. The minimum absolute atomic E-state index is 0.598. The molecule has 2 N–H and O–H groups in total. The summed E-state index contributed by atoms with van der Waals surface area (Å²) in [6.07, 6.45) is 5.71. The molecule has 2 heterocycles. The average molecular weight is 181 g/mol. The molecule has 13 heavy (non-hydrogen) atoms. The van der Waals surface area contributed by atoms with E-state index in [4.69, 9.17) is 10.2 Å². The molecule has 1 aliphatic heterocycles. The Hall–Kier alpha value is -1.03. The summed E-state index contributed by atoms with van der Waals surface area (Å²) < 4.78 is 5.24. The fourth-order valence-electron chi connectivity index (χ4n) is 1.80. The number of nitrogens with zero attached hydrogens (tertiary/aromatic N) is 2. The van der Waals surface area contributed by atoms with Gasteiger partial charge in [0.25, 0.3) is 6.01 Å². The Morgan fingerprint density at radius 2 is 2.62 bits per heavy atom. The fraction of sp³-hybridized carbons (Fsp3) is 0.667. The van der Waals surface area contributed by atoms with Gasteiger partial charge < -0.3 is 15.1 Å². The van der Waals surface area contributed by atoms with Crippen molar-refractivity contribution in [3.8, 4) is 0 Å². The quantitative estimate of drug-likeness (QED) is 0.735. The van der Waals surface area contributed by atoms with Crippen molar-refractivity contribution in [3.63, 3.8) is 0 Å². The molecule has 1 aromatic heterocycles. The van der Waals surface area contributed by atoms with Crippen LogP contribution in [0.1, 0.15) is 12.8 Å². The highest BCUT2D eigenvalue weighted by Gasteiger charge is 2.20. The number of aromatic nitrogens is 1. The highest BCUT2D eigenvalue weighted by molar-refractivity contribution is 5.25. The molecule has 1 aliphatic rings. The molecule has 72 valence electrons. The highest BCUT2D eigenvalue weighted by atomic mass is 16.4. The Balaban J connectivity index is 2.00. The van der Waals surface area contributed by atoms with Gasteiger partial charge in [0.15, 0.2) is 0 Å². The van der Waals surface area contributed by atoms with Crippen molar-refractivity contribution in [2.24, 2.45) is 11.7 Å². The topological polar surface area (TPSA) is 55.3 Å². The number of nitrogens with two attached hydrogens (primary N) is 1. The second-order valence-electron chi connectivity index (χ2n) is 3.50. The van der Waals surface area contributed by atoms with Crippen molar-refractivity contribution in [1.29, 1.82) is 0 Å². The Labute approximate surface area is 77.7 Å². The van der Waals surface area contributed by atoms with E-state index in [2.05, 4.69) is 9.88 Å². The molecule has 0 saturated carbocycles. The monoisotopic (exact) mass is 181 g/mol. The first-order valence-corrected chi connectivity index (χ1v) is 4.74. The van der Waals surface area contributed by atoms with Crippen molar-refractivity contribution in [1.82, 2.24) is 4.98 Å². The molecule has 1 atom stereocenters. The summed E-state index contributed by atoms with van der Waals surface area (Å²) in [6, 6.07) is 0.734. The second kappa shape index (κ2) is 3.79. The van der Waals surface area contributed by atoms with Gasteiger partial charge in [-0.2, -0.15) is 0 Å². The van der Waals surface area contributed by atoms with Gasteiger partial charge in [0, 0.05) is 13.1 Å². The lowest BCUT2D eigenvalue weighted by Crippen LogP contribution is -2.38. The first-order valence-electron chi connectivity index (χ1n) is 4.74. The molecule has 0 spiro atoms. The first kappa shape index (κ1) is 8.56. The molecule has 0 bridgehead atoms. The molecule has 0 aliphatic carbocycles. The summed E-state index contributed by atoms with van der Waals surface area (Å²) in [6.45, 7) is 2.78. The van der Waals surface area contributed by atoms with Crippen molar-refractivity contribution in [2.45, 2.75) is 12.8 Å². The normalized spacial score (nSPS) is 23.5. The third-order valence-corrected chi connectivity index (χ3v) is 2.54. The zero-order chi connectivity index (χ0) is 9.10. The summed E-state index contributed by atoms with van der Waals surface area (Å²) >= 11 is 0. The van der Waals surface area contributed by atoms with Crippen LogP contribution in [0.4, 0.5) is 6.01 Å². The minimum atomic E-state index is 0.598. The van der Waals surface area contributed by atoms with Gasteiger partial charge >= 0.3 is 0 Å². The lowest BCUT2D eigenvalue weighted by Gasteiger charge is -2.30. The van der Waals surface area contributed by atoms with E-state index in [1.165, 1.54) is 12.8 Å². The number of hydrogen-bond acceptors (Lipinski definition) is 4. The van der Waals surface area contributed by atoms with Crippen LogP contribution in [0, 0.1) is 5.92 Å². The number of anilines is 1. The van der Waals surface area contributed by atoms with Crippen LogP contribution in [0.3, 0.4) is 0 Å². The maximum absolute atomic E-state index is 5.64. The number of rotatable bonds is 2. The Morgan fingerprint density at radius 3 is 3.31 bits per heavy atom. The lowest BCUT2D eigenvalue weighted by molar-refractivity contribution is 0.399. The van der Waals surface area contributed by atoms with Crippen LogP contribution < -0.4 is 10.6 Å². The fourth-order valence-corrected chi connectivity index (χ4v) is 1.80. The van der Waals surface area contributed by atoms with E-state index in [1.807, 2.05) is 0 Å². The number of oxazole rings is 1. The SMILES string of the molecule is NCC1CCCN(c2ncco2)C1. The summed E-state index contributed by atoms with van der Waals surface area (Å²) in [5.41, 5.74) is 5.64. The van der Waals surface area contributed by atoms with Crippen LogP contribution in [-0.2, 0) is 0 Å². The van der Waals surface area contributed by atoms with Gasteiger partial charge in [-0.15, -0.1) is 0 Å². The van der Waals surface area contributed by atoms with E-state index in [0.29, 0.717) is 5.92 Å². The average Bonchev–Trinajstić information content (AvgIpc) is 2.71. The molecule has 0 amide bonds. The van der Waals surface area contributed by atoms with Crippen LogP contribution >= 0.6 is 0 Å². The molecule has 0 radical (unpaired) electrons. The smallest absolute Gasteiger partial charge is 0.297 e. The largest absolute Gasteiger partial charge is 0.432 e. The van der Waals surface area contributed by atoms with Crippen molar-refractivity contribution in [2.75, 3.05) is 24.5 Å². The standard InChI is InChI=1S/C9H15N3O/c10-6-8-2-1-4-12(7-8)9-11-3-5-13-9/h3,5,8H,1-2,4,6-7,10H2. The van der Waals surface area contributed by atoms with Gasteiger partial charge in [-0.3, -0.25) is 0 Å². The Kier molecular flexibility index (Phi) is 2.49. The molecule has 2 rings (SSSR count). The van der Waals surface area contributed by atoms with E-state index in [9.17, 15) is 0 Å². The Bertz CT molecular complexity index is 247. The third-order valence-electron chi connectivity index (χ3n) is 2.54. The second-order valence-corrected chi connectivity index (χ2v) is 3.50. The minimum Gasteiger partial charge on any atom is -0.432 e. The zero-order valence-electron chi connectivity index (χ0n) is 7.65. The summed E-state index contributed by atoms with van der Waals surface area (Å²) in [5.74, 6) is 0.598. The zero-order valence-corrected chi connectivity index (χ0v) is 7.65. The maximum Gasteiger partial charge on any atom is 0.297 e. The third kappa shape index (κ3) is 1.83. The molecule has 1 saturated heterocycles. The van der Waals surface area contributed by atoms with Crippen LogP contribution in [0.15, 0.2) is 16.9 Å². The van der Waals surface area contributed by atoms with Gasteiger partial charge in [0.05, 0.1) is 6.20 Å². The molecule has 4 nitrogen and oxygen atoms in total. The van der Waals surface area contributed by atoms with Gasteiger partial charge in [-0.1, -0.05) is 0 Å². The van der Waals surface area contributed by atoms with Crippen LogP contribution in [0.2, 0.25) is 0 Å². The van der Waals surface area contributed by atoms with Crippen molar-refractivity contribution >= 4 is 6.01 Å². The van der Waals surface area contributed by atoms with E-state index in [0.717, 1.165) is 25.6 Å². The Morgan fingerprint density at radius 1 is 1.69 bits per heavy atom. The van der Waals surface area contributed by atoms with Crippen molar-refractivity contribution < 1.29 is 4.42 Å². The summed E-state index contributed by atoms with van der Waals surface area (Å²) in [7, 11) is 0. The van der Waals surface area contributed by atoms with E-state index in [-0.39, 0.29) is 0 Å². The first-order chi connectivity index (χ1) is 6.40. The van der Waals surface area contributed by atoms with Crippen LogP contribution in [-0.4, -0.2) is 24.6 Å². The van der Waals surface area contributed by atoms with Crippen LogP contribution in [0.25, 0.3) is 0 Å². The lowest BCUT2D eigenvalue weighted by atomic mass is 9.99. The van der Waals surface area contributed by atoms with Crippen LogP contribution in [0.5, 0.6) is 0 Å². The van der Waals surface area contributed by atoms with Gasteiger partial charge in [0.1, 0.15) is 6.26 Å². The van der Waals surface area contributed by atoms with Crippen molar-refractivity contribution in [3.05, 3.63) is 12.5 Å². The molecule has 1 aromatic rings. The van der Waals surface area contributed by atoms with Gasteiger partial charge in [-0.25, -0.2) is 4.98 Å². The van der Waals surface area contributed by atoms with E-state index < -0.39 is 0 Å². The molecule has 4 heteroatoms. The number of piperidine rings is 1. The molecule has 1 fully saturated rings. The summed E-state index contributed by atoms with van der Waals surface area (Å²) in [4.78, 5) is 6.29. The molecular weight excluding hydrogens is 166 g/mol. The van der Waals surface area contributed by atoms with Gasteiger partial charge in [-0.05, 0) is 25.3 Å². The maximum atomic E-state index is 5.64. The number of hydrogen-bond donors (Lipinski definition) is 1. The molecule has 0 aromatic carbocycles. The van der Waals surface area contributed by atoms with E-state index >= 15 is 0 Å². The highest BCUT2D eigenvalue weighted by Crippen LogP contribution is 2.20. The van der Waals surface area contributed by atoms with Gasteiger partial charge in [0.2, 0.25) is 0 Å².